The highest BCUT2D eigenvalue weighted by molar-refractivity contribution is 7.21. The van der Waals surface area contributed by atoms with E-state index < -0.39 is 11.9 Å². The van der Waals surface area contributed by atoms with E-state index in [0.717, 1.165) is 10.1 Å². The second-order valence-electron chi connectivity index (χ2n) is 6.72. The number of carbonyl (C=O) groups excluding carboxylic acids is 2. The first-order valence-corrected chi connectivity index (χ1v) is 11.2. The molecule has 0 aliphatic carbocycles. The minimum Gasteiger partial charge on any atom is -0.493 e. The van der Waals surface area contributed by atoms with Crippen LogP contribution in [0.3, 0.4) is 0 Å². The Kier molecular flexibility index (Phi) is 6.93. The predicted octanol–water partition coefficient (Wildman–Crippen LogP) is 6.20. The Morgan fingerprint density at radius 2 is 1.76 bits per heavy atom. The Bertz CT molecular complexity index is 1380. The van der Waals surface area contributed by atoms with Gasteiger partial charge in [0.05, 0.1) is 28.9 Å². The van der Waals surface area contributed by atoms with Crippen LogP contribution in [0.25, 0.3) is 10.1 Å². The molecule has 4 aromatic rings. The molecule has 0 bridgehead atoms. The van der Waals surface area contributed by atoms with E-state index >= 15 is 0 Å². The first-order valence-electron chi connectivity index (χ1n) is 9.63. The second-order valence-corrected chi connectivity index (χ2v) is 8.56. The number of amides is 1. The quantitative estimate of drug-likeness (QED) is 0.148. The summed E-state index contributed by atoms with van der Waals surface area (Å²) in [5.41, 5.74) is 3.35. The molecule has 9 heteroatoms. The highest BCUT2D eigenvalue weighted by Crippen LogP contribution is 2.37. The van der Waals surface area contributed by atoms with Gasteiger partial charge in [-0.2, -0.15) is 5.10 Å². The van der Waals surface area contributed by atoms with Crippen molar-refractivity contribution in [1.29, 1.82) is 0 Å². The molecular formula is C24H16Cl2N2O4S. The van der Waals surface area contributed by atoms with Gasteiger partial charge in [-0.15, -0.1) is 11.3 Å². The lowest BCUT2D eigenvalue weighted by Crippen LogP contribution is -2.17. The van der Waals surface area contributed by atoms with Gasteiger partial charge in [0.2, 0.25) is 0 Å². The van der Waals surface area contributed by atoms with Crippen molar-refractivity contribution in [2.24, 2.45) is 5.10 Å². The van der Waals surface area contributed by atoms with Crippen LogP contribution in [-0.2, 0) is 0 Å². The maximum atomic E-state index is 12.7. The topological polar surface area (TPSA) is 77.0 Å². The molecule has 0 aliphatic heterocycles. The lowest BCUT2D eigenvalue weighted by atomic mass is 10.2. The second kappa shape index (κ2) is 10.0. The third-order valence-corrected chi connectivity index (χ3v) is 6.59. The van der Waals surface area contributed by atoms with Crippen molar-refractivity contribution < 1.29 is 19.1 Å². The van der Waals surface area contributed by atoms with Gasteiger partial charge in [-0.3, -0.25) is 4.79 Å². The number of methoxy groups -OCH3 is 1. The van der Waals surface area contributed by atoms with Crippen LogP contribution < -0.4 is 14.9 Å². The number of esters is 1. The van der Waals surface area contributed by atoms with Gasteiger partial charge >= 0.3 is 5.97 Å². The molecule has 6 nitrogen and oxygen atoms in total. The molecule has 0 aliphatic rings. The Balaban J connectivity index is 1.48. The molecule has 33 heavy (non-hydrogen) atoms. The van der Waals surface area contributed by atoms with Crippen LogP contribution in [0.5, 0.6) is 11.5 Å². The summed E-state index contributed by atoms with van der Waals surface area (Å²) in [7, 11) is 1.46. The molecule has 0 saturated carbocycles. The van der Waals surface area contributed by atoms with Gasteiger partial charge < -0.3 is 9.47 Å². The summed E-state index contributed by atoms with van der Waals surface area (Å²) < 4.78 is 11.8. The molecule has 1 N–H and O–H groups in total. The molecule has 1 heterocycles. The van der Waals surface area contributed by atoms with E-state index in [1.807, 2.05) is 24.3 Å². The lowest BCUT2D eigenvalue weighted by molar-refractivity contribution is 0.0734. The zero-order chi connectivity index (χ0) is 23.4. The molecule has 0 unspecified atom stereocenters. The average molecular weight is 499 g/mol. The Morgan fingerprint density at radius 1 is 1.00 bits per heavy atom. The molecule has 0 fully saturated rings. The van der Waals surface area contributed by atoms with Gasteiger partial charge in [0.1, 0.15) is 4.88 Å². The summed E-state index contributed by atoms with van der Waals surface area (Å²) in [5, 5.41) is 5.43. The fraction of sp³-hybridized carbons (Fsp3) is 0.0417. The number of nitrogens with one attached hydrogen (secondary N) is 1. The van der Waals surface area contributed by atoms with Crippen molar-refractivity contribution in [1.82, 2.24) is 5.43 Å². The van der Waals surface area contributed by atoms with Crippen molar-refractivity contribution in [3.8, 4) is 11.5 Å². The Morgan fingerprint density at radius 3 is 2.52 bits per heavy atom. The maximum Gasteiger partial charge on any atom is 0.355 e. The number of hydrogen-bond donors (Lipinski definition) is 1. The molecule has 0 radical (unpaired) electrons. The fourth-order valence-corrected chi connectivity index (χ4v) is 4.62. The van der Waals surface area contributed by atoms with Crippen molar-refractivity contribution in [3.05, 3.63) is 92.8 Å². The molecule has 0 spiro atoms. The first-order chi connectivity index (χ1) is 16.0. The van der Waals surface area contributed by atoms with Crippen LogP contribution in [0.2, 0.25) is 10.0 Å². The average Bonchev–Trinajstić information content (AvgIpc) is 3.17. The monoisotopic (exact) mass is 498 g/mol. The number of thiophene rings is 1. The highest BCUT2D eigenvalue weighted by Gasteiger charge is 2.20. The number of benzene rings is 3. The summed E-state index contributed by atoms with van der Waals surface area (Å²) in [4.78, 5) is 25.2. The van der Waals surface area contributed by atoms with Gasteiger partial charge in [0.15, 0.2) is 11.5 Å². The molecule has 3 aromatic carbocycles. The van der Waals surface area contributed by atoms with E-state index in [4.69, 9.17) is 32.7 Å². The van der Waals surface area contributed by atoms with Crippen LogP contribution in [0.4, 0.5) is 0 Å². The number of hydrazone groups is 1. The van der Waals surface area contributed by atoms with Crippen molar-refractivity contribution in [2.75, 3.05) is 7.11 Å². The van der Waals surface area contributed by atoms with Gasteiger partial charge in [0, 0.05) is 10.1 Å². The third kappa shape index (κ3) is 5.01. The van der Waals surface area contributed by atoms with Gasteiger partial charge in [0.25, 0.3) is 5.91 Å². The third-order valence-electron chi connectivity index (χ3n) is 4.61. The lowest BCUT2D eigenvalue weighted by Gasteiger charge is -2.09. The molecular weight excluding hydrogens is 483 g/mol. The standard InChI is InChI=1S/C24H16Cl2N2O4S/c1-31-19-12-14(13-27-28-23(29)15-6-2-4-8-17(15)25)10-11-18(19)32-24(30)22-21(26)16-7-3-5-9-20(16)33-22/h2-13H,1H3,(H,28,29)/b27-13-. The summed E-state index contributed by atoms with van der Waals surface area (Å²) in [6, 6.07) is 19.0. The molecule has 4 rings (SSSR count). The number of fused-ring (bicyclic) bond motifs is 1. The highest BCUT2D eigenvalue weighted by atomic mass is 35.5. The zero-order valence-electron chi connectivity index (χ0n) is 17.2. The van der Waals surface area contributed by atoms with Crippen LogP contribution in [0, 0.1) is 0 Å². The molecule has 0 saturated heterocycles. The van der Waals surface area contributed by atoms with E-state index in [2.05, 4.69) is 10.5 Å². The Labute approximate surface area is 203 Å². The van der Waals surface area contributed by atoms with E-state index in [9.17, 15) is 9.59 Å². The number of rotatable bonds is 6. The normalized spacial score (nSPS) is 11.0. The van der Waals surface area contributed by atoms with Crippen LogP contribution >= 0.6 is 34.5 Å². The van der Waals surface area contributed by atoms with E-state index in [1.165, 1.54) is 24.7 Å². The van der Waals surface area contributed by atoms with E-state index in [1.54, 1.807) is 42.5 Å². The number of hydrogen-bond acceptors (Lipinski definition) is 6. The van der Waals surface area contributed by atoms with Crippen molar-refractivity contribution in [2.45, 2.75) is 0 Å². The Hall–Kier alpha value is -3.39. The van der Waals surface area contributed by atoms with Gasteiger partial charge in [-0.25, -0.2) is 10.2 Å². The minimum atomic E-state index is -0.576. The molecule has 1 aromatic heterocycles. The molecule has 0 atom stereocenters. The summed E-state index contributed by atoms with van der Waals surface area (Å²) in [6.07, 6.45) is 1.44. The molecule has 166 valence electrons. The van der Waals surface area contributed by atoms with Crippen LogP contribution in [0.1, 0.15) is 25.6 Å². The maximum absolute atomic E-state index is 12.7. The van der Waals surface area contributed by atoms with Crippen LogP contribution in [-0.4, -0.2) is 25.2 Å². The van der Waals surface area contributed by atoms with Crippen molar-refractivity contribution in [3.63, 3.8) is 0 Å². The summed E-state index contributed by atoms with van der Waals surface area (Å²) in [5.74, 6) is -0.460. The van der Waals surface area contributed by atoms with E-state index in [-0.39, 0.29) is 5.75 Å². The van der Waals surface area contributed by atoms with Gasteiger partial charge in [-0.1, -0.05) is 53.5 Å². The van der Waals surface area contributed by atoms with Gasteiger partial charge in [-0.05, 0) is 42.0 Å². The number of nitrogens with zero attached hydrogens (tertiary/aromatic N) is 1. The molecule has 1 amide bonds. The van der Waals surface area contributed by atoms with Crippen molar-refractivity contribution >= 4 is 62.7 Å². The van der Waals surface area contributed by atoms with Crippen LogP contribution in [0.15, 0.2) is 71.8 Å². The largest absolute Gasteiger partial charge is 0.493 e. The predicted molar refractivity (Wildman–Crippen MR) is 131 cm³/mol. The SMILES string of the molecule is COc1cc(/C=N\NC(=O)c2ccccc2Cl)ccc1OC(=O)c1sc2ccccc2c1Cl. The smallest absolute Gasteiger partial charge is 0.355 e. The first kappa shape index (κ1) is 22.8. The number of halogens is 2. The number of ether oxygens (including phenoxy) is 2. The minimum absolute atomic E-state index is 0.230. The number of carbonyl (C=O) groups is 2. The fourth-order valence-electron chi connectivity index (χ4n) is 3.01. The summed E-state index contributed by atoms with van der Waals surface area (Å²) in [6.45, 7) is 0. The summed E-state index contributed by atoms with van der Waals surface area (Å²) >= 11 is 13.6. The van der Waals surface area contributed by atoms with E-state index in [0.29, 0.717) is 31.8 Å². The zero-order valence-corrected chi connectivity index (χ0v) is 19.5.